The average molecular weight is 328 g/mol. The third-order valence-electron chi connectivity index (χ3n) is 4.68. The summed E-state index contributed by atoms with van der Waals surface area (Å²) >= 11 is 0. The van der Waals surface area contributed by atoms with Crippen LogP contribution in [0.1, 0.15) is 44.3 Å². The van der Waals surface area contributed by atoms with Gasteiger partial charge in [-0.15, -0.1) is 0 Å². The largest absolute Gasteiger partial charge is 0.361 e. The predicted molar refractivity (Wildman–Crippen MR) is 97.7 cm³/mol. The molecule has 1 saturated heterocycles. The van der Waals surface area contributed by atoms with E-state index in [1.807, 2.05) is 37.6 Å². The summed E-state index contributed by atoms with van der Waals surface area (Å²) in [5, 5.41) is 0. The van der Waals surface area contributed by atoms with E-state index in [-0.39, 0.29) is 0 Å². The number of aromatic nitrogens is 4. The van der Waals surface area contributed by atoms with Crippen molar-refractivity contribution in [3.63, 3.8) is 0 Å². The smallest absolute Gasteiger partial charge is 0.149 e. The van der Waals surface area contributed by atoms with Gasteiger partial charge in [0.1, 0.15) is 17.5 Å². The maximum atomic E-state index is 4.75. The highest BCUT2D eigenvalue weighted by atomic mass is 15.2. The van der Waals surface area contributed by atoms with Crippen LogP contribution in [0.15, 0.2) is 24.8 Å². The van der Waals surface area contributed by atoms with Gasteiger partial charge in [-0.2, -0.15) is 0 Å². The maximum absolute atomic E-state index is 4.75. The summed E-state index contributed by atoms with van der Waals surface area (Å²) in [5.74, 6) is 3.57. The summed E-state index contributed by atoms with van der Waals surface area (Å²) < 4.78 is 2.33. The predicted octanol–water partition coefficient (Wildman–Crippen LogP) is 2.92. The molecule has 1 aliphatic rings. The van der Waals surface area contributed by atoms with Crippen LogP contribution in [0.4, 0.5) is 11.6 Å². The summed E-state index contributed by atoms with van der Waals surface area (Å²) in [6.45, 7) is 5.31. The molecule has 3 rings (SSSR count). The van der Waals surface area contributed by atoms with Crippen LogP contribution in [-0.2, 0) is 6.54 Å². The second kappa shape index (κ2) is 7.64. The van der Waals surface area contributed by atoms with Gasteiger partial charge in [0.25, 0.3) is 0 Å². The van der Waals surface area contributed by atoms with Crippen LogP contribution in [0.25, 0.3) is 0 Å². The average Bonchev–Trinajstić information content (AvgIpc) is 3.08. The number of anilines is 2. The van der Waals surface area contributed by atoms with E-state index in [0.717, 1.165) is 31.3 Å². The molecule has 0 amide bonds. The van der Waals surface area contributed by atoms with Crippen LogP contribution in [-0.4, -0.2) is 46.7 Å². The standard InChI is InChI=1S/C18H28N6/c1-4-5-9-23-11-8-20-18(23)15-7-6-10-24(14-15)17-13-19-12-16(21-17)22(2)3/h8,11-13,15H,4-7,9-10,14H2,1-3H3/t15-/m0/s1. The Labute approximate surface area is 144 Å². The number of imidazole rings is 1. The minimum atomic E-state index is 0.468. The quantitative estimate of drug-likeness (QED) is 0.816. The van der Waals surface area contributed by atoms with Crippen molar-refractivity contribution in [1.82, 2.24) is 19.5 Å². The van der Waals surface area contributed by atoms with E-state index >= 15 is 0 Å². The first-order chi connectivity index (χ1) is 11.7. The number of piperidine rings is 1. The van der Waals surface area contributed by atoms with E-state index in [0.29, 0.717) is 5.92 Å². The molecule has 0 bridgehead atoms. The van der Waals surface area contributed by atoms with Gasteiger partial charge in [-0.05, 0) is 19.3 Å². The van der Waals surface area contributed by atoms with E-state index in [9.17, 15) is 0 Å². The molecule has 3 heterocycles. The molecule has 0 aliphatic carbocycles. The fourth-order valence-electron chi connectivity index (χ4n) is 3.31. The highest BCUT2D eigenvalue weighted by Gasteiger charge is 2.25. The maximum Gasteiger partial charge on any atom is 0.149 e. The summed E-state index contributed by atoms with van der Waals surface area (Å²) in [6, 6.07) is 0. The van der Waals surface area contributed by atoms with Gasteiger partial charge >= 0.3 is 0 Å². The lowest BCUT2D eigenvalue weighted by atomic mass is 9.97. The van der Waals surface area contributed by atoms with Gasteiger partial charge in [-0.1, -0.05) is 13.3 Å². The van der Waals surface area contributed by atoms with Crippen LogP contribution in [0.5, 0.6) is 0 Å². The number of hydrogen-bond acceptors (Lipinski definition) is 5. The highest BCUT2D eigenvalue weighted by Crippen LogP contribution is 2.29. The van der Waals surface area contributed by atoms with Gasteiger partial charge in [-0.3, -0.25) is 4.98 Å². The first kappa shape index (κ1) is 16.7. The van der Waals surface area contributed by atoms with Gasteiger partial charge in [0.05, 0.1) is 12.4 Å². The van der Waals surface area contributed by atoms with Crippen LogP contribution >= 0.6 is 0 Å². The Morgan fingerprint density at radius 1 is 1.29 bits per heavy atom. The molecule has 24 heavy (non-hydrogen) atoms. The van der Waals surface area contributed by atoms with Gasteiger partial charge in [-0.25, -0.2) is 9.97 Å². The van der Waals surface area contributed by atoms with E-state index < -0.39 is 0 Å². The summed E-state index contributed by atoms with van der Waals surface area (Å²) in [6.07, 6.45) is 12.5. The number of rotatable bonds is 6. The SMILES string of the molecule is CCCCn1ccnc1[C@H]1CCCN(c2cncc(N(C)C)n2)C1. The molecule has 2 aromatic rings. The minimum Gasteiger partial charge on any atom is -0.361 e. The number of nitrogens with zero attached hydrogens (tertiary/aromatic N) is 6. The second-order valence-electron chi connectivity index (χ2n) is 6.75. The Balaban J connectivity index is 1.75. The van der Waals surface area contributed by atoms with Gasteiger partial charge < -0.3 is 14.4 Å². The first-order valence-corrected chi connectivity index (χ1v) is 8.94. The van der Waals surface area contributed by atoms with Crippen molar-refractivity contribution in [1.29, 1.82) is 0 Å². The van der Waals surface area contributed by atoms with Crippen LogP contribution < -0.4 is 9.80 Å². The molecular weight excluding hydrogens is 300 g/mol. The molecule has 0 spiro atoms. The molecule has 6 nitrogen and oxygen atoms in total. The van der Waals surface area contributed by atoms with Crippen LogP contribution in [0.3, 0.4) is 0 Å². The van der Waals surface area contributed by atoms with E-state index in [4.69, 9.17) is 4.98 Å². The van der Waals surface area contributed by atoms with E-state index in [1.165, 1.54) is 31.5 Å². The Morgan fingerprint density at radius 2 is 2.17 bits per heavy atom. The molecule has 1 atom stereocenters. The zero-order valence-corrected chi connectivity index (χ0v) is 15.0. The second-order valence-corrected chi connectivity index (χ2v) is 6.75. The Hall–Kier alpha value is -2.11. The molecule has 0 unspecified atom stereocenters. The van der Waals surface area contributed by atoms with Crippen molar-refractivity contribution in [2.24, 2.45) is 0 Å². The third kappa shape index (κ3) is 3.68. The molecule has 2 aromatic heterocycles. The molecule has 0 N–H and O–H groups in total. The Morgan fingerprint density at radius 3 is 2.96 bits per heavy atom. The van der Waals surface area contributed by atoms with Crippen LogP contribution in [0.2, 0.25) is 0 Å². The monoisotopic (exact) mass is 328 g/mol. The van der Waals surface area contributed by atoms with Crippen molar-refractivity contribution in [2.45, 2.75) is 45.1 Å². The molecule has 0 aromatic carbocycles. The van der Waals surface area contributed by atoms with Gasteiger partial charge in [0.2, 0.25) is 0 Å². The van der Waals surface area contributed by atoms with Gasteiger partial charge in [0, 0.05) is 52.0 Å². The van der Waals surface area contributed by atoms with Crippen LogP contribution in [0, 0.1) is 0 Å². The molecule has 130 valence electrons. The molecule has 1 fully saturated rings. The van der Waals surface area contributed by atoms with Crippen molar-refractivity contribution in [2.75, 3.05) is 37.0 Å². The number of hydrogen-bond donors (Lipinski definition) is 0. The minimum absolute atomic E-state index is 0.468. The summed E-state index contributed by atoms with van der Waals surface area (Å²) in [5.41, 5.74) is 0. The molecule has 6 heteroatoms. The molecular formula is C18H28N6. The molecule has 0 radical (unpaired) electrons. The fourth-order valence-corrected chi connectivity index (χ4v) is 3.31. The topological polar surface area (TPSA) is 50.1 Å². The zero-order chi connectivity index (χ0) is 16.9. The highest BCUT2D eigenvalue weighted by molar-refractivity contribution is 5.45. The van der Waals surface area contributed by atoms with Gasteiger partial charge in [0.15, 0.2) is 0 Å². The van der Waals surface area contributed by atoms with Crippen molar-refractivity contribution in [3.8, 4) is 0 Å². The summed E-state index contributed by atoms with van der Waals surface area (Å²) in [4.78, 5) is 18.1. The fraction of sp³-hybridized carbons (Fsp3) is 0.611. The lowest BCUT2D eigenvalue weighted by Gasteiger charge is -2.33. The Bertz CT molecular complexity index is 650. The number of aryl methyl sites for hydroxylation is 1. The third-order valence-corrected chi connectivity index (χ3v) is 4.68. The van der Waals surface area contributed by atoms with Crippen molar-refractivity contribution in [3.05, 3.63) is 30.6 Å². The first-order valence-electron chi connectivity index (χ1n) is 8.94. The summed E-state index contributed by atoms with van der Waals surface area (Å²) in [7, 11) is 3.99. The number of unbranched alkanes of at least 4 members (excludes halogenated alkanes) is 1. The molecule has 1 aliphatic heterocycles. The van der Waals surface area contributed by atoms with Crippen molar-refractivity contribution < 1.29 is 0 Å². The molecule has 0 saturated carbocycles. The van der Waals surface area contributed by atoms with Crippen molar-refractivity contribution >= 4 is 11.6 Å². The van der Waals surface area contributed by atoms with E-state index in [2.05, 4.69) is 32.6 Å². The zero-order valence-electron chi connectivity index (χ0n) is 15.0. The normalized spacial score (nSPS) is 18.0. The van der Waals surface area contributed by atoms with E-state index in [1.54, 1.807) is 0 Å². The lowest BCUT2D eigenvalue weighted by Crippen LogP contribution is -2.36. The Kier molecular flexibility index (Phi) is 5.33. The lowest BCUT2D eigenvalue weighted by molar-refractivity contribution is 0.464.